The van der Waals surface area contributed by atoms with Crippen molar-refractivity contribution >= 4 is 7.60 Å². The average Bonchev–Trinajstić information content (AvgIpc) is 3.13. The Labute approximate surface area is 159 Å². The van der Waals surface area contributed by atoms with Crippen LogP contribution < -0.4 is 0 Å². The van der Waals surface area contributed by atoms with Crippen LogP contribution in [0.3, 0.4) is 0 Å². The second-order valence-electron chi connectivity index (χ2n) is 5.94. The molecule has 0 aliphatic heterocycles. The van der Waals surface area contributed by atoms with Gasteiger partial charge in [-0.1, -0.05) is 60.7 Å². The lowest BCUT2D eigenvalue weighted by Gasteiger charge is -2.15. The Morgan fingerprint density at radius 2 is 1.44 bits per heavy atom. The van der Waals surface area contributed by atoms with Crippen LogP contribution in [0.2, 0.25) is 0 Å². The molecule has 0 saturated heterocycles. The van der Waals surface area contributed by atoms with E-state index >= 15 is 0 Å². The Bertz CT molecular complexity index is 826. The molecule has 1 heterocycles. The Kier molecular flexibility index (Phi) is 6.62. The van der Waals surface area contributed by atoms with E-state index in [1.807, 2.05) is 60.7 Å². The van der Waals surface area contributed by atoms with Gasteiger partial charge >= 0.3 is 7.60 Å². The zero-order valence-corrected chi connectivity index (χ0v) is 16.5. The third-order valence-corrected chi connectivity index (χ3v) is 6.08. The van der Waals surface area contributed by atoms with E-state index in [0.29, 0.717) is 31.3 Å². The van der Waals surface area contributed by atoms with Crippen LogP contribution in [0.1, 0.15) is 19.7 Å². The summed E-state index contributed by atoms with van der Waals surface area (Å²) in [5, 5.41) is 0. The average molecular weight is 385 g/mol. The van der Waals surface area contributed by atoms with Crippen molar-refractivity contribution in [2.75, 3.05) is 19.4 Å². The van der Waals surface area contributed by atoms with Gasteiger partial charge in [-0.05, 0) is 13.8 Å². The first-order valence-electron chi connectivity index (χ1n) is 9.14. The molecule has 0 aliphatic rings. The summed E-state index contributed by atoms with van der Waals surface area (Å²) >= 11 is 0. The SMILES string of the molecule is CCOP(=O)(CCc1nc(-c2ccccc2)c(-c2ccccc2)o1)OCC. The highest BCUT2D eigenvalue weighted by molar-refractivity contribution is 7.53. The summed E-state index contributed by atoms with van der Waals surface area (Å²) in [5.41, 5.74) is 2.71. The summed E-state index contributed by atoms with van der Waals surface area (Å²) in [6, 6.07) is 19.8. The molecule has 1 aromatic heterocycles. The summed E-state index contributed by atoms with van der Waals surface area (Å²) < 4.78 is 29.5. The Morgan fingerprint density at radius 3 is 2.00 bits per heavy atom. The van der Waals surface area contributed by atoms with Gasteiger partial charge in [0.05, 0.1) is 19.4 Å². The van der Waals surface area contributed by atoms with Gasteiger partial charge in [0.2, 0.25) is 0 Å². The first-order valence-corrected chi connectivity index (χ1v) is 10.9. The number of benzene rings is 2. The van der Waals surface area contributed by atoms with Gasteiger partial charge < -0.3 is 13.5 Å². The van der Waals surface area contributed by atoms with Crippen molar-refractivity contribution in [2.45, 2.75) is 20.3 Å². The second-order valence-corrected chi connectivity index (χ2v) is 8.12. The van der Waals surface area contributed by atoms with E-state index in [9.17, 15) is 4.57 Å². The van der Waals surface area contributed by atoms with Crippen molar-refractivity contribution in [2.24, 2.45) is 0 Å². The fraction of sp³-hybridized carbons (Fsp3) is 0.286. The Morgan fingerprint density at radius 1 is 0.889 bits per heavy atom. The molecule has 0 atom stereocenters. The topological polar surface area (TPSA) is 61.6 Å². The molecule has 5 nitrogen and oxygen atoms in total. The molecular weight excluding hydrogens is 361 g/mol. The lowest BCUT2D eigenvalue weighted by Crippen LogP contribution is -2.03. The molecule has 142 valence electrons. The van der Waals surface area contributed by atoms with Crippen LogP contribution in [-0.4, -0.2) is 24.4 Å². The molecule has 0 bridgehead atoms. The third kappa shape index (κ3) is 4.95. The first kappa shape index (κ1) is 19.6. The summed E-state index contributed by atoms with van der Waals surface area (Å²) in [6.45, 7) is 4.29. The quantitative estimate of drug-likeness (QED) is 0.435. The van der Waals surface area contributed by atoms with E-state index < -0.39 is 7.60 Å². The van der Waals surface area contributed by atoms with Crippen LogP contribution in [0.5, 0.6) is 0 Å². The molecule has 0 N–H and O–H groups in total. The van der Waals surface area contributed by atoms with E-state index in [4.69, 9.17) is 13.5 Å². The predicted molar refractivity (Wildman–Crippen MR) is 107 cm³/mol. The zero-order chi connectivity index (χ0) is 19.1. The van der Waals surface area contributed by atoms with Gasteiger partial charge in [0, 0.05) is 17.5 Å². The van der Waals surface area contributed by atoms with Crippen molar-refractivity contribution in [3.05, 3.63) is 66.6 Å². The van der Waals surface area contributed by atoms with E-state index in [2.05, 4.69) is 4.98 Å². The standard InChI is InChI=1S/C21H24NO4P/c1-3-24-27(23,25-4-2)16-15-19-22-20(17-11-7-5-8-12-17)21(26-19)18-13-9-6-10-14-18/h5-14H,3-4,15-16H2,1-2H3. The number of hydrogen-bond acceptors (Lipinski definition) is 5. The van der Waals surface area contributed by atoms with Gasteiger partial charge in [0.25, 0.3) is 0 Å². The molecule has 0 fully saturated rings. The Balaban J connectivity index is 1.91. The minimum atomic E-state index is -3.13. The molecule has 6 heteroatoms. The van der Waals surface area contributed by atoms with Gasteiger partial charge in [-0.25, -0.2) is 4.98 Å². The molecule has 0 saturated carbocycles. The smallest absolute Gasteiger partial charge is 0.331 e. The minimum Gasteiger partial charge on any atom is -0.440 e. The van der Waals surface area contributed by atoms with Crippen LogP contribution in [0, 0.1) is 0 Å². The lowest BCUT2D eigenvalue weighted by molar-refractivity contribution is 0.219. The maximum atomic E-state index is 12.7. The number of aromatic nitrogens is 1. The highest BCUT2D eigenvalue weighted by Crippen LogP contribution is 2.48. The van der Waals surface area contributed by atoms with E-state index in [0.717, 1.165) is 16.8 Å². The summed E-state index contributed by atoms with van der Waals surface area (Å²) in [4.78, 5) is 4.68. The van der Waals surface area contributed by atoms with Gasteiger partial charge in [-0.2, -0.15) is 0 Å². The number of hydrogen-bond donors (Lipinski definition) is 0. The fourth-order valence-electron chi connectivity index (χ4n) is 2.84. The summed E-state index contributed by atoms with van der Waals surface area (Å²) in [7, 11) is -3.13. The fourth-order valence-corrected chi connectivity index (χ4v) is 4.43. The molecule has 3 aromatic rings. The monoisotopic (exact) mass is 385 g/mol. The molecule has 0 unspecified atom stereocenters. The van der Waals surface area contributed by atoms with Crippen molar-refractivity contribution in [1.29, 1.82) is 0 Å². The number of aryl methyl sites for hydroxylation is 1. The van der Waals surface area contributed by atoms with Gasteiger partial charge in [0.15, 0.2) is 11.7 Å². The highest BCUT2D eigenvalue weighted by Gasteiger charge is 2.25. The highest BCUT2D eigenvalue weighted by atomic mass is 31.2. The van der Waals surface area contributed by atoms with Crippen LogP contribution in [0.25, 0.3) is 22.6 Å². The third-order valence-electron chi connectivity index (χ3n) is 4.01. The van der Waals surface area contributed by atoms with Crippen molar-refractivity contribution < 1.29 is 18.0 Å². The van der Waals surface area contributed by atoms with E-state index in [1.54, 1.807) is 13.8 Å². The van der Waals surface area contributed by atoms with Gasteiger partial charge in [0.1, 0.15) is 5.69 Å². The van der Waals surface area contributed by atoms with Crippen LogP contribution in [0.15, 0.2) is 65.1 Å². The maximum Gasteiger partial charge on any atom is 0.331 e. The molecule has 0 radical (unpaired) electrons. The van der Waals surface area contributed by atoms with E-state index in [1.165, 1.54) is 0 Å². The summed E-state index contributed by atoms with van der Waals surface area (Å²) in [6.07, 6.45) is 0.613. The molecule has 0 spiro atoms. The van der Waals surface area contributed by atoms with Crippen molar-refractivity contribution in [3.8, 4) is 22.6 Å². The zero-order valence-electron chi connectivity index (χ0n) is 15.6. The number of nitrogens with zero attached hydrogens (tertiary/aromatic N) is 1. The molecule has 0 aliphatic carbocycles. The first-order chi connectivity index (χ1) is 13.1. The largest absolute Gasteiger partial charge is 0.440 e. The van der Waals surface area contributed by atoms with Crippen LogP contribution in [-0.2, 0) is 20.0 Å². The minimum absolute atomic E-state index is 0.234. The molecule has 2 aromatic carbocycles. The number of oxazole rings is 1. The normalized spacial score (nSPS) is 11.6. The number of rotatable bonds is 9. The molecular formula is C21H24NO4P. The lowest BCUT2D eigenvalue weighted by atomic mass is 10.1. The molecule has 0 amide bonds. The van der Waals surface area contributed by atoms with Crippen molar-refractivity contribution in [3.63, 3.8) is 0 Å². The van der Waals surface area contributed by atoms with Crippen molar-refractivity contribution in [1.82, 2.24) is 4.98 Å². The molecule has 27 heavy (non-hydrogen) atoms. The predicted octanol–water partition coefficient (Wildman–Crippen LogP) is 5.82. The Hall–Kier alpha value is -2.20. The van der Waals surface area contributed by atoms with Gasteiger partial charge in [-0.15, -0.1) is 0 Å². The van der Waals surface area contributed by atoms with E-state index in [-0.39, 0.29) is 6.16 Å². The maximum absolute atomic E-state index is 12.7. The molecule has 3 rings (SSSR count). The van der Waals surface area contributed by atoms with Crippen LogP contribution >= 0.6 is 7.60 Å². The van der Waals surface area contributed by atoms with Gasteiger partial charge in [-0.3, -0.25) is 4.57 Å². The van der Waals surface area contributed by atoms with Crippen LogP contribution in [0.4, 0.5) is 0 Å². The second kappa shape index (κ2) is 9.14. The summed E-state index contributed by atoms with van der Waals surface area (Å²) in [5.74, 6) is 1.23.